The molecule has 3 rings (SSSR count). The molecule has 8 nitrogen and oxygen atoms in total. The Balaban J connectivity index is 2.06. The van der Waals surface area contributed by atoms with Gasteiger partial charge in [0.1, 0.15) is 11.3 Å². The number of rotatable bonds is 4. The molecule has 0 bridgehead atoms. The molecule has 0 unspecified atom stereocenters. The van der Waals surface area contributed by atoms with Crippen molar-refractivity contribution in [2.24, 2.45) is 0 Å². The summed E-state index contributed by atoms with van der Waals surface area (Å²) in [4.78, 5) is 8.26. The summed E-state index contributed by atoms with van der Waals surface area (Å²) in [5.74, 6) is -0.848. The van der Waals surface area contributed by atoms with Crippen molar-refractivity contribution in [2.75, 3.05) is 18.6 Å². The summed E-state index contributed by atoms with van der Waals surface area (Å²) < 4.78 is 65.9. The first-order valence-corrected chi connectivity index (χ1v) is 8.56. The van der Waals surface area contributed by atoms with Gasteiger partial charge in [-0.25, -0.2) is 18.4 Å². The monoisotopic (exact) mass is 375 g/mol. The van der Waals surface area contributed by atoms with Crippen LogP contribution in [0.4, 0.5) is 19.1 Å². The fourth-order valence-electron chi connectivity index (χ4n) is 2.28. The van der Waals surface area contributed by atoms with Crippen LogP contribution in [0.2, 0.25) is 0 Å². The van der Waals surface area contributed by atoms with Crippen molar-refractivity contribution < 1.29 is 26.3 Å². The zero-order valence-electron chi connectivity index (χ0n) is 12.8. The number of nitrogens with zero attached hydrogens (tertiary/aromatic N) is 4. The lowest BCUT2D eigenvalue weighted by Gasteiger charge is -2.06. The van der Waals surface area contributed by atoms with E-state index in [4.69, 9.17) is 10.5 Å². The van der Waals surface area contributed by atoms with E-state index in [1.165, 1.54) is 7.11 Å². The largest absolute Gasteiger partial charge is 0.497 e. The Labute approximate surface area is 139 Å². The van der Waals surface area contributed by atoms with E-state index >= 15 is 0 Å². The highest BCUT2D eigenvalue weighted by atomic mass is 32.2. The number of anilines is 1. The summed E-state index contributed by atoms with van der Waals surface area (Å²) in [7, 11) is -3.80. The van der Waals surface area contributed by atoms with Crippen LogP contribution in [0.25, 0.3) is 16.6 Å². The SMILES string of the molecule is COc1cccc2c1nc(N)n1nc(CCS(=O)(=O)C(F)(F)F)nc21. The van der Waals surface area contributed by atoms with Gasteiger partial charge >= 0.3 is 5.51 Å². The van der Waals surface area contributed by atoms with Gasteiger partial charge in [0.15, 0.2) is 11.5 Å². The van der Waals surface area contributed by atoms with Crippen molar-refractivity contribution in [3.8, 4) is 5.75 Å². The molecule has 2 aromatic heterocycles. The van der Waals surface area contributed by atoms with Crippen LogP contribution in [-0.2, 0) is 16.3 Å². The first-order valence-electron chi connectivity index (χ1n) is 6.91. The number of methoxy groups -OCH3 is 1. The quantitative estimate of drug-likeness (QED) is 0.732. The highest BCUT2D eigenvalue weighted by Crippen LogP contribution is 2.28. The topological polar surface area (TPSA) is 112 Å². The second kappa shape index (κ2) is 5.72. The maximum Gasteiger partial charge on any atom is 0.497 e. The highest BCUT2D eigenvalue weighted by Gasteiger charge is 2.45. The summed E-state index contributed by atoms with van der Waals surface area (Å²) in [6.07, 6.45) is -0.506. The summed E-state index contributed by atoms with van der Waals surface area (Å²) in [5, 5.41) is 4.47. The standard InChI is InChI=1S/C13H12F3N5O3S/c1-24-8-4-2-3-7-10(8)19-12(17)21-11(7)18-9(20-21)5-6-25(22,23)13(14,15)16/h2-4H,5-6H2,1H3,(H2,17,19). The number of benzene rings is 1. The van der Waals surface area contributed by atoms with E-state index < -0.39 is 27.5 Å². The smallest absolute Gasteiger partial charge is 0.494 e. The Morgan fingerprint density at radius 2 is 2.00 bits per heavy atom. The molecule has 0 radical (unpaired) electrons. The molecule has 0 aliphatic heterocycles. The minimum absolute atomic E-state index is 0.0515. The number of ether oxygens (including phenoxy) is 1. The minimum Gasteiger partial charge on any atom is -0.494 e. The van der Waals surface area contributed by atoms with Crippen LogP contribution in [0.1, 0.15) is 5.82 Å². The van der Waals surface area contributed by atoms with Crippen LogP contribution in [0.3, 0.4) is 0 Å². The van der Waals surface area contributed by atoms with E-state index in [1.807, 2.05) is 0 Å². The van der Waals surface area contributed by atoms with Crippen molar-refractivity contribution in [2.45, 2.75) is 11.9 Å². The second-order valence-electron chi connectivity index (χ2n) is 5.10. The highest BCUT2D eigenvalue weighted by molar-refractivity contribution is 7.92. The molecule has 0 fully saturated rings. The Morgan fingerprint density at radius 3 is 2.64 bits per heavy atom. The number of nitrogen functional groups attached to an aromatic ring is 1. The molecule has 0 amide bonds. The fraction of sp³-hybridized carbons (Fsp3) is 0.308. The Bertz CT molecular complexity index is 1060. The van der Waals surface area contributed by atoms with Gasteiger partial charge in [-0.05, 0) is 12.1 Å². The fourth-order valence-corrected chi connectivity index (χ4v) is 2.96. The zero-order chi connectivity index (χ0) is 18.4. The van der Waals surface area contributed by atoms with E-state index in [-0.39, 0.29) is 17.4 Å². The maximum atomic E-state index is 12.4. The van der Waals surface area contributed by atoms with Crippen molar-refractivity contribution >= 4 is 32.3 Å². The predicted octanol–water partition coefficient (Wildman–Crippen LogP) is 1.35. The molecule has 0 atom stereocenters. The molecule has 0 aliphatic carbocycles. The Kier molecular flexibility index (Phi) is 3.94. The number of alkyl halides is 3. The number of sulfone groups is 1. The molecule has 25 heavy (non-hydrogen) atoms. The minimum atomic E-state index is -5.31. The van der Waals surface area contributed by atoms with Gasteiger partial charge in [-0.3, -0.25) is 0 Å². The van der Waals surface area contributed by atoms with E-state index in [2.05, 4.69) is 15.1 Å². The van der Waals surface area contributed by atoms with Crippen LogP contribution in [0, 0.1) is 0 Å². The summed E-state index contributed by atoms with van der Waals surface area (Å²) >= 11 is 0. The van der Waals surface area contributed by atoms with Gasteiger partial charge in [0.05, 0.1) is 12.9 Å². The lowest BCUT2D eigenvalue weighted by atomic mass is 10.2. The van der Waals surface area contributed by atoms with Gasteiger partial charge in [0.25, 0.3) is 0 Å². The Hall–Kier alpha value is -2.63. The third-order valence-corrected chi connectivity index (χ3v) is 4.95. The molecule has 0 aliphatic rings. The van der Waals surface area contributed by atoms with E-state index in [9.17, 15) is 21.6 Å². The van der Waals surface area contributed by atoms with Gasteiger partial charge < -0.3 is 10.5 Å². The number of aromatic nitrogens is 4. The molecule has 0 spiro atoms. The third kappa shape index (κ3) is 2.92. The summed E-state index contributed by atoms with van der Waals surface area (Å²) in [5.41, 5.74) is 1.16. The average Bonchev–Trinajstić information content (AvgIpc) is 2.97. The van der Waals surface area contributed by atoms with Gasteiger partial charge in [0, 0.05) is 11.8 Å². The number of hydrogen-bond acceptors (Lipinski definition) is 7. The molecule has 2 N–H and O–H groups in total. The number of fused-ring (bicyclic) bond motifs is 3. The molecule has 1 aromatic carbocycles. The van der Waals surface area contributed by atoms with Crippen molar-refractivity contribution in [1.29, 1.82) is 0 Å². The number of hydrogen-bond donors (Lipinski definition) is 1. The van der Waals surface area contributed by atoms with Crippen LogP contribution in [0.15, 0.2) is 18.2 Å². The molecule has 0 saturated carbocycles. The Morgan fingerprint density at radius 1 is 1.28 bits per heavy atom. The number of nitrogens with two attached hydrogens (primary N) is 1. The molecular weight excluding hydrogens is 363 g/mol. The van der Waals surface area contributed by atoms with Gasteiger partial charge in [-0.15, -0.1) is 5.10 Å². The third-order valence-electron chi connectivity index (χ3n) is 3.50. The predicted molar refractivity (Wildman–Crippen MR) is 82.8 cm³/mol. The van der Waals surface area contributed by atoms with Crippen molar-refractivity contribution in [1.82, 2.24) is 19.6 Å². The molecular formula is C13H12F3N5O3S. The summed E-state index contributed by atoms with van der Waals surface area (Å²) in [6, 6.07) is 5.02. The first kappa shape index (κ1) is 17.2. The average molecular weight is 375 g/mol. The van der Waals surface area contributed by atoms with Crippen LogP contribution >= 0.6 is 0 Å². The van der Waals surface area contributed by atoms with E-state index in [0.29, 0.717) is 16.7 Å². The molecule has 3 aromatic rings. The number of halogens is 3. The van der Waals surface area contributed by atoms with Gasteiger partial charge in [-0.1, -0.05) is 6.07 Å². The summed E-state index contributed by atoms with van der Waals surface area (Å²) in [6.45, 7) is 0. The van der Waals surface area contributed by atoms with Crippen LogP contribution in [-0.4, -0.2) is 46.4 Å². The van der Waals surface area contributed by atoms with Gasteiger partial charge in [-0.2, -0.15) is 17.7 Å². The maximum absolute atomic E-state index is 12.4. The number of para-hydroxylation sites is 1. The second-order valence-corrected chi connectivity index (χ2v) is 7.21. The first-order chi connectivity index (χ1) is 11.6. The van der Waals surface area contributed by atoms with Crippen LogP contribution in [0.5, 0.6) is 5.75 Å². The molecule has 2 heterocycles. The van der Waals surface area contributed by atoms with Crippen LogP contribution < -0.4 is 10.5 Å². The number of aryl methyl sites for hydroxylation is 1. The lowest BCUT2D eigenvalue weighted by Crippen LogP contribution is -2.27. The molecule has 134 valence electrons. The van der Waals surface area contributed by atoms with E-state index in [0.717, 1.165) is 4.52 Å². The normalized spacial score (nSPS) is 12.8. The van der Waals surface area contributed by atoms with Crippen molar-refractivity contribution in [3.05, 3.63) is 24.0 Å². The lowest BCUT2D eigenvalue weighted by molar-refractivity contribution is -0.0435. The van der Waals surface area contributed by atoms with Gasteiger partial charge in [0.2, 0.25) is 15.8 Å². The molecule has 0 saturated heterocycles. The molecule has 12 heteroatoms. The zero-order valence-corrected chi connectivity index (χ0v) is 13.6. The van der Waals surface area contributed by atoms with Crippen molar-refractivity contribution in [3.63, 3.8) is 0 Å². The van der Waals surface area contributed by atoms with E-state index in [1.54, 1.807) is 18.2 Å².